The van der Waals surface area contributed by atoms with Crippen LogP contribution < -0.4 is 0 Å². The van der Waals surface area contributed by atoms with Crippen LogP contribution in [0, 0.1) is 136 Å². The van der Waals surface area contributed by atoms with Gasteiger partial charge in [-0.05, 0) is 163 Å². The summed E-state index contributed by atoms with van der Waals surface area (Å²) in [6.45, 7) is 10.6. The number of allylic oxidation sites excluding steroid dienone is 19. The maximum absolute atomic E-state index is 14.6. The van der Waals surface area contributed by atoms with Crippen molar-refractivity contribution in [3.63, 3.8) is 0 Å². The molecule has 40 heteroatoms. The molecule has 20 bridgehead atoms. The minimum atomic E-state index is -5.67. The Morgan fingerprint density at radius 1 is 0.269 bits per heavy atom. The van der Waals surface area contributed by atoms with Gasteiger partial charge in [-0.15, -0.1) is 0 Å². The third-order valence-corrected chi connectivity index (χ3v) is 32.1. The van der Waals surface area contributed by atoms with Gasteiger partial charge in [-0.3, -0.25) is 9.13 Å². The summed E-state index contributed by atoms with van der Waals surface area (Å²) in [5, 5.41) is 0. The summed E-state index contributed by atoms with van der Waals surface area (Å²) in [6, 6.07) is 0. The van der Waals surface area contributed by atoms with E-state index < -0.39 is 267 Å². The van der Waals surface area contributed by atoms with Crippen molar-refractivity contribution in [3.8, 4) is 0 Å². The van der Waals surface area contributed by atoms with Gasteiger partial charge in [-0.1, -0.05) is 157 Å². The van der Waals surface area contributed by atoms with E-state index in [-0.39, 0.29) is 85.0 Å². The molecule has 1 nitrogen and oxygen atoms in total. The molecule has 10 saturated carbocycles. The van der Waals surface area contributed by atoms with Gasteiger partial charge in [-0.2, -0.15) is 70.2 Å². The third kappa shape index (κ3) is 18.5. The standard InChI is InChI=1S/C11H11F7.2C11H12F6.C10H11F5O.4C8H9F3.2C8H11F.CH3F.2CH4/c1-8(10(13,14)15,11(16,17)18)9(12)5-6-2-3-7(9)4-6;2*1-2-8(11(15,16)17)9(12)6-3-4-7(5-6)10(9,13)14;1-2-8(11,12)16-10(15)7-4-3-6(5-7)9(10,13)14;4*1-7(9)5-2-3-6(4-5)8(7,10)11;2*1-8(9)5-6-2-3-7(8)4-6;1-2;;/h2-3,6-7H,4-5H2,1H3;2*3-4,6-8H,2,5H2,1H3;3-4,6-7H,2,5H2,1H3;4*2-3,5-6H,4H2,1H3;2*2-3,6-7H,4-5H2,1H3;1H3;2*1H4. The van der Waals surface area contributed by atoms with Crippen molar-refractivity contribution < 1.29 is 176 Å². The fourth-order valence-corrected chi connectivity index (χ4v) is 23.3. The number of fused-ring (bicyclic) bond motifs is 20. The second kappa shape index (κ2) is 36.9. The minimum Gasteiger partial charge on any atom is -0.276 e. The van der Waals surface area contributed by atoms with E-state index in [2.05, 4.69) is 16.9 Å². The number of halogens is 39. The summed E-state index contributed by atoms with van der Waals surface area (Å²) in [6.07, 6.45) is 6.16. The van der Waals surface area contributed by atoms with E-state index in [9.17, 15) is 171 Å². The minimum absolute atomic E-state index is 0. The molecule has 0 heterocycles. The van der Waals surface area contributed by atoms with Crippen molar-refractivity contribution in [3.05, 3.63) is 122 Å². The summed E-state index contributed by atoms with van der Waals surface area (Å²) in [7, 11) is 0.500. The maximum Gasteiger partial charge on any atom is 0.406 e. The normalized spacial score (nSPS) is 44.6. The average Bonchev–Trinajstić information content (AvgIpc) is 1.63. The van der Waals surface area contributed by atoms with Crippen LogP contribution in [0.3, 0.4) is 0 Å². The Kier molecular flexibility index (Phi) is 31.3. The lowest BCUT2D eigenvalue weighted by Crippen LogP contribution is -2.62. The highest BCUT2D eigenvalue weighted by atomic mass is 19.4. The molecule has 0 aromatic rings. The van der Waals surface area contributed by atoms with Gasteiger partial charge < -0.3 is 0 Å². The molecule has 20 aliphatic carbocycles. The van der Waals surface area contributed by atoms with Gasteiger partial charge in [0.2, 0.25) is 0 Å². The topological polar surface area (TPSA) is 9.23 Å². The van der Waals surface area contributed by atoms with Gasteiger partial charge in [-0.25, -0.2) is 96.6 Å². The van der Waals surface area contributed by atoms with Crippen LogP contribution in [-0.4, -0.2) is 136 Å². The smallest absolute Gasteiger partial charge is 0.276 e. The highest BCUT2D eigenvalue weighted by Gasteiger charge is 2.83. The molecule has 0 spiro atoms. The Morgan fingerprint density at radius 2 is 0.485 bits per heavy atom. The summed E-state index contributed by atoms with van der Waals surface area (Å²) in [5.41, 5.74) is -25.6. The monoisotopic (exact) mass is 2000 g/mol. The summed E-state index contributed by atoms with van der Waals surface area (Å²) in [4.78, 5) is 0. The average molecular weight is 2000 g/mol. The molecule has 32 unspecified atom stereocenters. The maximum atomic E-state index is 14.6. The zero-order valence-corrected chi connectivity index (χ0v) is 73.2. The molecular weight excluding hydrogens is 1890 g/mol. The molecular formula is C94H115F39O. The Hall–Kier alpha value is -5.37. The van der Waals surface area contributed by atoms with E-state index in [4.69, 9.17) is 0 Å². The van der Waals surface area contributed by atoms with Crippen LogP contribution in [0.1, 0.15) is 187 Å². The van der Waals surface area contributed by atoms with Gasteiger partial charge in [0.25, 0.3) is 41.4 Å². The van der Waals surface area contributed by atoms with Crippen molar-refractivity contribution in [1.82, 2.24) is 0 Å². The van der Waals surface area contributed by atoms with Crippen molar-refractivity contribution in [2.45, 2.75) is 316 Å². The highest BCUT2D eigenvalue weighted by molar-refractivity contribution is 5.32. The first-order valence-corrected chi connectivity index (χ1v) is 43.8. The SMILES string of the molecule is C.C.CC(C(F)(F)F)(C(F)(F)F)C1(F)CC2C=CC1C2.CC1(F)C2C=CC(C2)C1(F)F.CC1(F)C2C=CC(C2)C1(F)F.CC1(F)C2C=CC(C2)C1(F)F.CC1(F)C2C=CC(C2)C1(F)F.CC1(F)CC2C=CC1C2.CC1(F)CC2C=CC1C2.CCC(C(F)(F)F)C1(F)C2C=CC(C2)C1(F)F.CCC(C(F)(F)F)C1(F)C2C=CC(C2)C1(F)F.CCC(F)(F)OC1(F)C2C=CC(C2)C1(F)F.CF. The van der Waals surface area contributed by atoms with Gasteiger partial charge in [0.15, 0.2) is 39.4 Å². The zero-order chi connectivity index (χ0) is 100. The van der Waals surface area contributed by atoms with E-state index in [0.717, 1.165) is 111 Å². The van der Waals surface area contributed by atoms with E-state index in [1.807, 2.05) is 12.2 Å². The first kappa shape index (κ1) is 114. The van der Waals surface area contributed by atoms with Crippen LogP contribution in [0.15, 0.2) is 122 Å². The molecule has 10 fully saturated rings. The summed E-state index contributed by atoms with van der Waals surface area (Å²) < 4.78 is 515. The predicted molar refractivity (Wildman–Crippen MR) is 425 cm³/mol. The number of hydrogen-bond donors (Lipinski definition) is 0. The molecule has 0 radical (unpaired) electrons. The number of hydrogen-bond acceptors (Lipinski definition) is 1. The van der Waals surface area contributed by atoms with Crippen molar-refractivity contribution in [2.75, 3.05) is 7.18 Å². The molecule has 0 saturated heterocycles. The quantitative estimate of drug-likeness (QED) is 0.174. The van der Waals surface area contributed by atoms with E-state index in [0.29, 0.717) is 19.0 Å². The number of alkyl halides is 39. The van der Waals surface area contributed by atoms with E-state index in [1.165, 1.54) is 36.5 Å². The van der Waals surface area contributed by atoms with Gasteiger partial charge in [0.05, 0.1) is 19.0 Å². The lowest BCUT2D eigenvalue weighted by molar-refractivity contribution is -0.387. The second-order valence-corrected chi connectivity index (χ2v) is 39.9. The van der Waals surface area contributed by atoms with Crippen LogP contribution in [0.25, 0.3) is 0 Å². The molecule has 0 N–H and O–H groups in total. The van der Waals surface area contributed by atoms with Crippen LogP contribution in [0.2, 0.25) is 0 Å². The molecule has 20 rings (SSSR count). The lowest BCUT2D eigenvalue weighted by Gasteiger charge is -2.45. The van der Waals surface area contributed by atoms with E-state index >= 15 is 0 Å². The lowest BCUT2D eigenvalue weighted by atomic mass is 9.67. The molecule has 0 aliphatic heterocycles. The van der Waals surface area contributed by atoms with Crippen LogP contribution in [0.5, 0.6) is 0 Å². The fourth-order valence-electron chi connectivity index (χ4n) is 23.3. The number of ether oxygens (including phenoxy) is 1. The Bertz CT molecular complexity index is 3970. The first-order chi connectivity index (χ1) is 59.7. The van der Waals surface area contributed by atoms with Crippen molar-refractivity contribution in [2.24, 2.45) is 136 Å². The van der Waals surface area contributed by atoms with Crippen LogP contribution in [0.4, 0.5) is 171 Å². The molecule has 0 amide bonds. The molecule has 134 heavy (non-hydrogen) atoms. The number of rotatable bonds is 8. The highest BCUT2D eigenvalue weighted by Crippen LogP contribution is 2.71. The van der Waals surface area contributed by atoms with Crippen LogP contribution in [-0.2, 0) is 4.74 Å². The third-order valence-electron chi connectivity index (χ3n) is 32.1. The van der Waals surface area contributed by atoms with Crippen molar-refractivity contribution in [1.29, 1.82) is 0 Å². The van der Waals surface area contributed by atoms with Crippen molar-refractivity contribution >= 4 is 0 Å². The van der Waals surface area contributed by atoms with Gasteiger partial charge in [0.1, 0.15) is 17.0 Å². The Morgan fingerprint density at radius 3 is 0.634 bits per heavy atom. The van der Waals surface area contributed by atoms with Gasteiger partial charge >= 0.3 is 36.7 Å². The summed E-state index contributed by atoms with van der Waals surface area (Å²) in [5.74, 6) is -47.1. The largest absolute Gasteiger partial charge is 0.406 e. The fraction of sp³-hybridized carbons (Fsp3) is 0.787. The molecule has 770 valence electrons. The first-order valence-electron chi connectivity index (χ1n) is 43.8. The summed E-state index contributed by atoms with van der Waals surface area (Å²) >= 11 is 0. The van der Waals surface area contributed by atoms with Crippen LogP contribution >= 0.6 is 0 Å². The molecule has 20 aliphatic rings. The Balaban J connectivity index is 0.000000184. The molecule has 32 atom stereocenters. The Labute approximate surface area is 753 Å². The predicted octanol–water partition coefficient (Wildman–Crippen LogP) is 32.9. The zero-order valence-electron chi connectivity index (χ0n) is 73.2. The van der Waals surface area contributed by atoms with Gasteiger partial charge in [0, 0.05) is 107 Å². The van der Waals surface area contributed by atoms with E-state index in [1.54, 1.807) is 38.2 Å². The molecule has 0 aromatic carbocycles. The second-order valence-electron chi connectivity index (χ2n) is 39.9. The molecule has 0 aromatic heterocycles.